The van der Waals surface area contributed by atoms with Crippen molar-refractivity contribution in [3.05, 3.63) is 100 Å². The summed E-state index contributed by atoms with van der Waals surface area (Å²) in [4.78, 5) is 24.6. The number of rotatable bonds is 5. The first-order valence-corrected chi connectivity index (χ1v) is 8.88. The number of hydrogen-bond acceptors (Lipinski definition) is 3. The molecule has 3 aromatic rings. The van der Waals surface area contributed by atoms with Crippen LogP contribution < -0.4 is 10.6 Å². The highest BCUT2D eigenvalue weighted by Gasteiger charge is 2.10. The average molecular weight is 390 g/mol. The molecular weight excluding hydrogens is 374 g/mol. The Hall–Kier alpha value is -3.62. The number of anilines is 1. The Morgan fingerprint density at radius 3 is 2.07 bits per heavy atom. The summed E-state index contributed by atoms with van der Waals surface area (Å²) in [5, 5.41) is 14.9. The third-order valence-electron chi connectivity index (χ3n) is 4.08. The van der Waals surface area contributed by atoms with E-state index in [9.17, 15) is 9.59 Å². The number of carbonyl (C=O) groups excluding carboxylic acids is 2. The molecule has 0 aliphatic rings. The number of nitrogens with zero attached hydrogens (tertiary/aromatic N) is 1. The fourth-order valence-electron chi connectivity index (χ4n) is 2.52. The molecule has 0 bridgehead atoms. The van der Waals surface area contributed by atoms with Crippen LogP contribution in [-0.4, -0.2) is 11.8 Å². The standard InChI is InChI=1S/C22H16ClN3O2/c23-20-4-2-1-3-18(20)14-25-21(27)16-7-9-17(10-8-16)22(28)26-19-11-5-15(13-24)6-12-19/h1-12H,14H2,(H,25,27)(H,26,28). The molecule has 0 spiro atoms. The molecule has 0 aliphatic carbocycles. The van der Waals surface area contributed by atoms with Gasteiger partial charge in [-0.2, -0.15) is 5.26 Å². The molecule has 0 aromatic heterocycles. The molecule has 0 unspecified atom stereocenters. The van der Waals surface area contributed by atoms with Crippen molar-refractivity contribution in [2.75, 3.05) is 5.32 Å². The van der Waals surface area contributed by atoms with E-state index in [1.165, 1.54) is 0 Å². The molecule has 0 saturated heterocycles. The lowest BCUT2D eigenvalue weighted by Crippen LogP contribution is -2.23. The summed E-state index contributed by atoms with van der Waals surface area (Å²) >= 11 is 6.08. The van der Waals surface area contributed by atoms with Gasteiger partial charge in [-0.25, -0.2) is 0 Å². The van der Waals surface area contributed by atoms with Gasteiger partial charge in [0.15, 0.2) is 0 Å². The predicted molar refractivity (Wildman–Crippen MR) is 108 cm³/mol. The molecule has 138 valence electrons. The fraction of sp³-hybridized carbons (Fsp3) is 0.0455. The van der Waals surface area contributed by atoms with Gasteiger partial charge < -0.3 is 10.6 Å². The van der Waals surface area contributed by atoms with Crippen LogP contribution in [0.25, 0.3) is 0 Å². The molecule has 28 heavy (non-hydrogen) atoms. The number of hydrogen-bond donors (Lipinski definition) is 2. The van der Waals surface area contributed by atoms with Crippen LogP contribution in [0.15, 0.2) is 72.8 Å². The van der Waals surface area contributed by atoms with E-state index in [4.69, 9.17) is 16.9 Å². The molecule has 0 fully saturated rings. The molecule has 0 aliphatic heterocycles. The summed E-state index contributed by atoms with van der Waals surface area (Å²) in [5.41, 5.74) is 2.81. The maximum Gasteiger partial charge on any atom is 0.255 e. The number of halogens is 1. The van der Waals surface area contributed by atoms with Gasteiger partial charge in [0.05, 0.1) is 11.6 Å². The number of carbonyl (C=O) groups is 2. The lowest BCUT2D eigenvalue weighted by atomic mass is 10.1. The Labute approximate surface area is 167 Å². The van der Waals surface area contributed by atoms with Crippen LogP contribution in [-0.2, 0) is 6.54 Å². The normalized spacial score (nSPS) is 10.0. The zero-order valence-corrected chi connectivity index (χ0v) is 15.5. The number of benzene rings is 3. The Bertz CT molecular complexity index is 1040. The first-order valence-electron chi connectivity index (χ1n) is 8.50. The van der Waals surface area contributed by atoms with Crippen molar-refractivity contribution >= 4 is 29.1 Å². The van der Waals surface area contributed by atoms with Crippen molar-refractivity contribution in [1.29, 1.82) is 5.26 Å². The number of nitrogens with one attached hydrogen (secondary N) is 2. The lowest BCUT2D eigenvalue weighted by molar-refractivity contribution is 0.0949. The maximum atomic E-state index is 12.3. The van der Waals surface area contributed by atoms with Crippen molar-refractivity contribution in [2.45, 2.75) is 6.54 Å². The molecule has 0 radical (unpaired) electrons. The van der Waals surface area contributed by atoms with Gasteiger partial charge in [-0.05, 0) is 60.2 Å². The Morgan fingerprint density at radius 1 is 0.857 bits per heavy atom. The highest BCUT2D eigenvalue weighted by Crippen LogP contribution is 2.15. The average Bonchev–Trinajstić information content (AvgIpc) is 2.73. The van der Waals surface area contributed by atoms with Gasteiger partial charge >= 0.3 is 0 Å². The van der Waals surface area contributed by atoms with E-state index in [1.807, 2.05) is 24.3 Å². The second-order valence-corrected chi connectivity index (χ2v) is 6.40. The fourth-order valence-corrected chi connectivity index (χ4v) is 2.73. The van der Waals surface area contributed by atoms with Gasteiger partial charge in [0, 0.05) is 28.4 Å². The van der Waals surface area contributed by atoms with Gasteiger partial charge in [-0.1, -0.05) is 29.8 Å². The van der Waals surface area contributed by atoms with Gasteiger partial charge in [-0.3, -0.25) is 9.59 Å². The van der Waals surface area contributed by atoms with E-state index in [-0.39, 0.29) is 11.8 Å². The van der Waals surface area contributed by atoms with Crippen LogP contribution >= 0.6 is 11.6 Å². The topological polar surface area (TPSA) is 82.0 Å². The quantitative estimate of drug-likeness (QED) is 0.678. The van der Waals surface area contributed by atoms with E-state index in [1.54, 1.807) is 54.6 Å². The molecule has 2 N–H and O–H groups in total. The first-order chi connectivity index (χ1) is 13.6. The molecular formula is C22H16ClN3O2. The number of amides is 2. The van der Waals surface area contributed by atoms with Crippen molar-refractivity contribution in [3.8, 4) is 6.07 Å². The van der Waals surface area contributed by atoms with Gasteiger partial charge in [0.1, 0.15) is 0 Å². The summed E-state index contributed by atoms with van der Waals surface area (Å²) in [6.07, 6.45) is 0. The van der Waals surface area contributed by atoms with Gasteiger partial charge in [0.2, 0.25) is 0 Å². The van der Waals surface area contributed by atoms with Crippen LogP contribution in [0, 0.1) is 11.3 Å². The third kappa shape index (κ3) is 4.76. The molecule has 0 atom stereocenters. The van der Waals surface area contributed by atoms with Gasteiger partial charge in [-0.15, -0.1) is 0 Å². The van der Waals surface area contributed by atoms with Crippen molar-refractivity contribution in [1.82, 2.24) is 5.32 Å². The van der Waals surface area contributed by atoms with Crippen LogP contribution in [0.1, 0.15) is 31.8 Å². The lowest BCUT2D eigenvalue weighted by Gasteiger charge is -2.08. The van der Waals surface area contributed by atoms with Gasteiger partial charge in [0.25, 0.3) is 11.8 Å². The molecule has 5 nitrogen and oxygen atoms in total. The van der Waals surface area contributed by atoms with Crippen molar-refractivity contribution in [2.24, 2.45) is 0 Å². The minimum Gasteiger partial charge on any atom is -0.348 e. The monoisotopic (exact) mass is 389 g/mol. The van der Waals surface area contributed by atoms with E-state index < -0.39 is 0 Å². The molecule has 3 aromatic carbocycles. The highest BCUT2D eigenvalue weighted by molar-refractivity contribution is 6.31. The van der Waals surface area contributed by atoms with E-state index >= 15 is 0 Å². The zero-order chi connectivity index (χ0) is 19.9. The highest BCUT2D eigenvalue weighted by atomic mass is 35.5. The van der Waals surface area contributed by atoms with E-state index in [0.29, 0.717) is 33.9 Å². The summed E-state index contributed by atoms with van der Waals surface area (Å²) < 4.78 is 0. The van der Waals surface area contributed by atoms with Crippen molar-refractivity contribution in [3.63, 3.8) is 0 Å². The molecule has 0 heterocycles. The Morgan fingerprint density at radius 2 is 1.46 bits per heavy atom. The molecule has 0 saturated carbocycles. The number of nitriles is 1. The second kappa shape index (κ2) is 8.85. The summed E-state index contributed by atoms with van der Waals surface area (Å²) in [5.74, 6) is -0.549. The van der Waals surface area contributed by atoms with Crippen molar-refractivity contribution < 1.29 is 9.59 Å². The minimum absolute atomic E-state index is 0.251. The van der Waals surface area contributed by atoms with Crippen LogP contribution in [0.4, 0.5) is 5.69 Å². The maximum absolute atomic E-state index is 12.3. The molecule has 3 rings (SSSR count). The van der Waals surface area contributed by atoms with E-state index in [0.717, 1.165) is 5.56 Å². The first kappa shape index (κ1) is 19.2. The van der Waals surface area contributed by atoms with E-state index in [2.05, 4.69) is 10.6 Å². The summed E-state index contributed by atoms with van der Waals surface area (Å²) in [6.45, 7) is 0.319. The third-order valence-corrected chi connectivity index (χ3v) is 4.45. The SMILES string of the molecule is N#Cc1ccc(NC(=O)c2ccc(C(=O)NCc3ccccc3Cl)cc2)cc1. The zero-order valence-electron chi connectivity index (χ0n) is 14.8. The Balaban J connectivity index is 1.60. The largest absolute Gasteiger partial charge is 0.348 e. The smallest absolute Gasteiger partial charge is 0.255 e. The summed E-state index contributed by atoms with van der Waals surface area (Å²) in [6, 6.07) is 22.3. The second-order valence-electron chi connectivity index (χ2n) is 5.99. The predicted octanol–water partition coefficient (Wildman–Crippen LogP) is 4.39. The van der Waals surface area contributed by atoms with Crippen LogP contribution in [0.3, 0.4) is 0 Å². The van der Waals surface area contributed by atoms with Crippen LogP contribution in [0.5, 0.6) is 0 Å². The molecule has 2 amide bonds. The minimum atomic E-state index is -0.298. The van der Waals surface area contributed by atoms with Crippen LogP contribution in [0.2, 0.25) is 5.02 Å². The molecule has 6 heteroatoms. The Kier molecular flexibility index (Phi) is 6.05. The summed E-state index contributed by atoms with van der Waals surface area (Å²) in [7, 11) is 0.